The van der Waals surface area contributed by atoms with E-state index in [1.165, 1.54) is 58.0 Å². The molecule has 0 aliphatic carbocycles. The van der Waals surface area contributed by atoms with Crippen molar-refractivity contribution in [3.05, 3.63) is 72.3 Å². The van der Waals surface area contributed by atoms with E-state index in [1.54, 1.807) is 0 Å². The van der Waals surface area contributed by atoms with Gasteiger partial charge in [0.2, 0.25) is 0 Å². The van der Waals surface area contributed by atoms with Crippen molar-refractivity contribution in [2.75, 3.05) is 11.4 Å². The highest BCUT2D eigenvalue weighted by Gasteiger charge is 2.23. The zero-order valence-electron chi connectivity index (χ0n) is 16.4. The maximum atomic E-state index is 9.27. The molecular weight excluding hydrogens is 362 g/mol. The van der Waals surface area contributed by atoms with Crippen LogP contribution in [0.4, 0.5) is 11.4 Å². The summed E-state index contributed by atoms with van der Waals surface area (Å²) in [5.74, 6) is 0. The molecule has 0 unspecified atom stereocenters. The summed E-state index contributed by atoms with van der Waals surface area (Å²) in [6.45, 7) is 3.41. The van der Waals surface area contributed by atoms with Crippen LogP contribution < -0.4 is 4.90 Å². The van der Waals surface area contributed by atoms with Gasteiger partial charge < -0.3 is 10.0 Å². The lowest BCUT2D eigenvalue weighted by Crippen LogP contribution is -2.21. The van der Waals surface area contributed by atoms with Gasteiger partial charge >= 0.3 is 0 Å². The van der Waals surface area contributed by atoms with E-state index in [1.807, 2.05) is 23.9 Å². The van der Waals surface area contributed by atoms with E-state index in [0.29, 0.717) is 0 Å². The first kappa shape index (κ1) is 19.1. The molecule has 1 N–H and O–H groups in total. The van der Waals surface area contributed by atoms with Crippen molar-refractivity contribution >= 4 is 23.1 Å². The molecular formula is C25H27NOS. The van der Waals surface area contributed by atoms with Gasteiger partial charge in [0.1, 0.15) is 0 Å². The number of anilines is 2. The molecule has 0 bridgehead atoms. The van der Waals surface area contributed by atoms with E-state index in [2.05, 4.69) is 66.4 Å². The van der Waals surface area contributed by atoms with Crippen LogP contribution >= 0.6 is 11.8 Å². The van der Waals surface area contributed by atoms with Crippen molar-refractivity contribution in [2.24, 2.45) is 0 Å². The molecule has 3 aromatic carbocycles. The first-order valence-electron chi connectivity index (χ1n) is 10.2. The summed E-state index contributed by atoms with van der Waals surface area (Å²) in [5, 5.41) is 9.27. The maximum Gasteiger partial charge on any atom is 0.0681 e. The second kappa shape index (κ2) is 8.85. The van der Waals surface area contributed by atoms with E-state index in [9.17, 15) is 5.11 Å². The minimum absolute atomic E-state index is 0.0874. The fraction of sp³-hybridized carbons (Fsp3) is 0.280. The molecule has 0 atom stereocenters. The van der Waals surface area contributed by atoms with E-state index in [0.717, 1.165) is 12.1 Å². The Bertz CT molecular complexity index is 936. The third-order valence-electron chi connectivity index (χ3n) is 5.33. The number of unbranched alkanes of at least 4 members (excludes halogenated alkanes) is 3. The summed E-state index contributed by atoms with van der Waals surface area (Å²) in [6.07, 6.45) is 5.07. The summed E-state index contributed by atoms with van der Waals surface area (Å²) in [6, 6.07) is 23.7. The number of nitrogens with zero attached hydrogens (tertiary/aromatic N) is 1. The number of fused-ring (bicyclic) bond motifs is 2. The zero-order valence-corrected chi connectivity index (χ0v) is 17.2. The van der Waals surface area contributed by atoms with Gasteiger partial charge in [-0.15, -0.1) is 0 Å². The molecule has 0 radical (unpaired) electrons. The van der Waals surface area contributed by atoms with Gasteiger partial charge in [-0.25, -0.2) is 0 Å². The highest BCUT2D eigenvalue weighted by atomic mass is 32.2. The number of para-hydroxylation sites is 1. The minimum Gasteiger partial charge on any atom is -0.392 e. The smallest absolute Gasteiger partial charge is 0.0681 e. The third kappa shape index (κ3) is 3.96. The molecule has 144 valence electrons. The molecule has 0 aromatic heterocycles. The van der Waals surface area contributed by atoms with Gasteiger partial charge in [0.25, 0.3) is 0 Å². The lowest BCUT2D eigenvalue weighted by atomic mass is 10.0. The van der Waals surface area contributed by atoms with Gasteiger partial charge in [0.15, 0.2) is 0 Å². The summed E-state index contributed by atoms with van der Waals surface area (Å²) < 4.78 is 0. The molecule has 0 saturated carbocycles. The van der Waals surface area contributed by atoms with E-state index in [4.69, 9.17) is 0 Å². The van der Waals surface area contributed by atoms with Crippen LogP contribution in [0.3, 0.4) is 0 Å². The fourth-order valence-corrected chi connectivity index (χ4v) is 4.89. The van der Waals surface area contributed by atoms with E-state index in [-0.39, 0.29) is 6.61 Å². The highest BCUT2D eigenvalue weighted by molar-refractivity contribution is 7.99. The predicted molar refractivity (Wildman–Crippen MR) is 120 cm³/mol. The molecule has 0 saturated heterocycles. The Hall–Kier alpha value is -2.23. The SMILES string of the molecule is CCCCCCN1c2ccccc2Sc2cc(-c3ccc(CO)cc3)ccc21. The van der Waals surface area contributed by atoms with Gasteiger partial charge in [0, 0.05) is 16.3 Å². The molecule has 28 heavy (non-hydrogen) atoms. The molecule has 1 aliphatic rings. The quantitative estimate of drug-likeness (QED) is 0.439. The van der Waals surface area contributed by atoms with Crippen LogP contribution in [0.2, 0.25) is 0 Å². The van der Waals surface area contributed by atoms with Crippen LogP contribution in [0.5, 0.6) is 0 Å². The average molecular weight is 390 g/mol. The van der Waals surface area contributed by atoms with Gasteiger partial charge in [-0.05, 0) is 47.4 Å². The number of hydrogen-bond acceptors (Lipinski definition) is 3. The number of benzene rings is 3. The van der Waals surface area contributed by atoms with Gasteiger partial charge in [-0.2, -0.15) is 0 Å². The summed E-state index contributed by atoms with van der Waals surface area (Å²) in [7, 11) is 0. The number of hydrogen-bond donors (Lipinski definition) is 1. The first-order chi connectivity index (χ1) is 13.8. The summed E-state index contributed by atoms with van der Waals surface area (Å²) in [4.78, 5) is 5.14. The molecule has 0 amide bonds. The molecule has 1 heterocycles. The second-order valence-corrected chi connectivity index (χ2v) is 8.40. The lowest BCUT2D eigenvalue weighted by molar-refractivity contribution is 0.282. The van der Waals surface area contributed by atoms with Crippen LogP contribution in [0, 0.1) is 0 Å². The summed E-state index contributed by atoms with van der Waals surface area (Å²) in [5.41, 5.74) is 6.01. The van der Waals surface area contributed by atoms with Crippen molar-refractivity contribution in [1.29, 1.82) is 0 Å². The van der Waals surface area contributed by atoms with Gasteiger partial charge in [-0.1, -0.05) is 80.4 Å². The molecule has 3 heteroatoms. The molecule has 1 aliphatic heterocycles. The largest absolute Gasteiger partial charge is 0.392 e. The first-order valence-corrected chi connectivity index (χ1v) is 11.0. The third-order valence-corrected chi connectivity index (χ3v) is 6.44. The maximum absolute atomic E-state index is 9.27. The zero-order chi connectivity index (χ0) is 19.3. The Balaban J connectivity index is 1.65. The molecule has 0 fully saturated rings. The van der Waals surface area contributed by atoms with Crippen LogP contribution in [0.1, 0.15) is 38.2 Å². The molecule has 4 rings (SSSR count). The Labute approximate surface area is 172 Å². The standard InChI is InChI=1S/C25H27NOS/c1-2-3-4-7-16-26-22-8-5-6-9-24(22)28-25-17-21(14-15-23(25)26)20-12-10-19(18-27)11-13-20/h5-6,8-15,17,27H,2-4,7,16,18H2,1H3. The Kier molecular flexibility index (Phi) is 6.04. The van der Waals surface area contributed by atoms with Crippen LogP contribution in [-0.2, 0) is 6.61 Å². The summed E-state index contributed by atoms with van der Waals surface area (Å²) >= 11 is 1.86. The van der Waals surface area contributed by atoms with Crippen molar-refractivity contribution < 1.29 is 5.11 Å². The average Bonchev–Trinajstić information content (AvgIpc) is 2.75. The van der Waals surface area contributed by atoms with Crippen LogP contribution in [0.15, 0.2) is 76.5 Å². The number of aliphatic hydroxyl groups is 1. The molecule has 0 spiro atoms. The monoisotopic (exact) mass is 389 g/mol. The Morgan fingerprint density at radius 3 is 2.32 bits per heavy atom. The van der Waals surface area contributed by atoms with Gasteiger partial charge in [-0.3, -0.25) is 0 Å². The topological polar surface area (TPSA) is 23.5 Å². The minimum atomic E-state index is 0.0874. The molecule has 3 aromatic rings. The van der Waals surface area contributed by atoms with E-state index < -0.39 is 0 Å². The normalized spacial score (nSPS) is 12.6. The van der Waals surface area contributed by atoms with Crippen LogP contribution in [-0.4, -0.2) is 11.7 Å². The Morgan fingerprint density at radius 2 is 1.54 bits per heavy atom. The predicted octanol–water partition coefficient (Wildman–Crippen LogP) is 7.03. The van der Waals surface area contributed by atoms with Crippen molar-refractivity contribution in [3.8, 4) is 11.1 Å². The number of aliphatic hydroxyl groups excluding tert-OH is 1. The fourth-order valence-electron chi connectivity index (χ4n) is 3.75. The highest BCUT2D eigenvalue weighted by Crippen LogP contribution is 2.49. The van der Waals surface area contributed by atoms with Crippen LogP contribution in [0.25, 0.3) is 11.1 Å². The van der Waals surface area contributed by atoms with E-state index >= 15 is 0 Å². The van der Waals surface area contributed by atoms with Crippen molar-refractivity contribution in [3.63, 3.8) is 0 Å². The van der Waals surface area contributed by atoms with Gasteiger partial charge in [0.05, 0.1) is 18.0 Å². The number of rotatable bonds is 7. The lowest BCUT2D eigenvalue weighted by Gasteiger charge is -2.33. The Morgan fingerprint density at radius 1 is 0.786 bits per heavy atom. The van der Waals surface area contributed by atoms with Crippen molar-refractivity contribution in [1.82, 2.24) is 0 Å². The van der Waals surface area contributed by atoms with Crippen molar-refractivity contribution in [2.45, 2.75) is 49.0 Å². The second-order valence-electron chi connectivity index (χ2n) is 7.32. The molecule has 2 nitrogen and oxygen atoms in total.